The highest BCUT2D eigenvalue weighted by Gasteiger charge is 2.46. The molecule has 0 N–H and O–H groups in total. The van der Waals surface area contributed by atoms with Gasteiger partial charge in [-0.3, -0.25) is 4.31 Å². The lowest BCUT2D eigenvalue weighted by Gasteiger charge is -2.36. The molecule has 24 heavy (non-hydrogen) atoms. The number of sulfonamides is 1. The molecule has 2 aliphatic rings. The standard InChI is InChI=1S/C19H22N2O2S/c1-14-8-9-18-16(12-14)17-13-20(2)11-10-19(17)21(18)24(22,23)15-6-4-3-5-7-15/h3-9,12,17,19H,10-11,13H2,1-2H3/t17-,19-/m0/s1. The Morgan fingerprint density at radius 3 is 2.58 bits per heavy atom. The molecule has 0 saturated carbocycles. The van der Waals surface area contributed by atoms with Crippen molar-refractivity contribution in [3.63, 3.8) is 0 Å². The second kappa shape index (κ2) is 5.60. The van der Waals surface area contributed by atoms with E-state index in [4.69, 9.17) is 0 Å². The molecule has 2 aromatic rings. The van der Waals surface area contributed by atoms with E-state index < -0.39 is 10.0 Å². The Labute approximate surface area is 143 Å². The van der Waals surface area contributed by atoms with Crippen LogP contribution in [-0.4, -0.2) is 39.5 Å². The zero-order chi connectivity index (χ0) is 16.9. The molecule has 5 heteroatoms. The van der Waals surface area contributed by atoms with Gasteiger partial charge in [-0.05, 0) is 50.7 Å². The number of rotatable bonds is 2. The topological polar surface area (TPSA) is 40.6 Å². The maximum absolute atomic E-state index is 13.3. The molecule has 0 aliphatic carbocycles. The normalized spacial score (nSPS) is 23.8. The first kappa shape index (κ1) is 15.7. The van der Waals surface area contributed by atoms with Crippen LogP contribution in [0.2, 0.25) is 0 Å². The van der Waals surface area contributed by atoms with E-state index in [9.17, 15) is 8.42 Å². The predicted octanol–water partition coefficient (Wildman–Crippen LogP) is 2.99. The Morgan fingerprint density at radius 1 is 1.08 bits per heavy atom. The fourth-order valence-electron chi connectivity index (χ4n) is 4.05. The Morgan fingerprint density at radius 2 is 1.83 bits per heavy atom. The van der Waals surface area contributed by atoms with Crippen molar-refractivity contribution in [2.24, 2.45) is 0 Å². The van der Waals surface area contributed by atoms with E-state index in [1.54, 1.807) is 28.6 Å². The molecule has 2 aromatic carbocycles. The van der Waals surface area contributed by atoms with Gasteiger partial charge in [-0.15, -0.1) is 0 Å². The van der Waals surface area contributed by atoms with Gasteiger partial charge in [-0.1, -0.05) is 35.9 Å². The summed E-state index contributed by atoms with van der Waals surface area (Å²) in [6.45, 7) is 3.90. The van der Waals surface area contributed by atoms with E-state index >= 15 is 0 Å². The number of likely N-dealkylation sites (N-methyl/N-ethyl adjacent to an activating group) is 1. The Kier molecular flexibility index (Phi) is 3.66. The van der Waals surface area contributed by atoms with Crippen LogP contribution < -0.4 is 4.31 Å². The summed E-state index contributed by atoms with van der Waals surface area (Å²) in [4.78, 5) is 2.67. The van der Waals surface area contributed by atoms with Crippen LogP contribution in [0, 0.1) is 6.92 Å². The molecule has 126 valence electrons. The lowest BCUT2D eigenvalue weighted by Crippen LogP contribution is -2.47. The van der Waals surface area contributed by atoms with Crippen molar-refractivity contribution >= 4 is 15.7 Å². The number of piperidine rings is 1. The van der Waals surface area contributed by atoms with Crippen LogP contribution in [0.15, 0.2) is 53.4 Å². The minimum atomic E-state index is -3.54. The maximum atomic E-state index is 13.3. The second-order valence-electron chi connectivity index (χ2n) is 6.90. The molecule has 0 spiro atoms. The van der Waals surface area contributed by atoms with Crippen molar-refractivity contribution in [2.45, 2.75) is 30.2 Å². The predicted molar refractivity (Wildman–Crippen MR) is 95.9 cm³/mol. The number of benzene rings is 2. The average molecular weight is 342 g/mol. The maximum Gasteiger partial charge on any atom is 0.264 e. The highest BCUT2D eigenvalue weighted by Crippen LogP contribution is 2.47. The van der Waals surface area contributed by atoms with Gasteiger partial charge in [0.05, 0.1) is 16.6 Å². The molecule has 0 unspecified atom stereocenters. The fourth-order valence-corrected chi connectivity index (χ4v) is 5.82. The summed E-state index contributed by atoms with van der Waals surface area (Å²) in [5.41, 5.74) is 3.21. The van der Waals surface area contributed by atoms with E-state index in [-0.39, 0.29) is 12.0 Å². The summed E-state index contributed by atoms with van der Waals surface area (Å²) in [6, 6.07) is 14.9. The zero-order valence-electron chi connectivity index (χ0n) is 14.0. The lowest BCUT2D eigenvalue weighted by atomic mass is 9.89. The molecule has 1 fully saturated rings. The molecular formula is C19H22N2O2S. The molecule has 0 aromatic heterocycles. The minimum absolute atomic E-state index is 0.0169. The van der Waals surface area contributed by atoms with Crippen LogP contribution in [0.3, 0.4) is 0 Å². The molecule has 4 nitrogen and oxygen atoms in total. The van der Waals surface area contributed by atoms with Crippen molar-refractivity contribution < 1.29 is 8.42 Å². The van der Waals surface area contributed by atoms with Gasteiger partial charge in [0.1, 0.15) is 0 Å². The van der Waals surface area contributed by atoms with Crippen LogP contribution in [0.25, 0.3) is 0 Å². The quantitative estimate of drug-likeness (QED) is 0.842. The number of likely N-dealkylation sites (tertiary alicyclic amines) is 1. The third kappa shape index (κ3) is 2.34. The summed E-state index contributed by atoms with van der Waals surface area (Å²) in [5, 5.41) is 0. The highest BCUT2D eigenvalue weighted by molar-refractivity contribution is 7.92. The Hall–Kier alpha value is -1.85. The number of fused-ring (bicyclic) bond motifs is 3. The van der Waals surface area contributed by atoms with Crippen molar-refractivity contribution in [1.82, 2.24) is 4.90 Å². The Balaban J connectivity index is 1.87. The second-order valence-corrected chi connectivity index (χ2v) is 8.72. The van der Waals surface area contributed by atoms with Gasteiger partial charge in [0, 0.05) is 12.5 Å². The van der Waals surface area contributed by atoms with Crippen LogP contribution >= 0.6 is 0 Å². The first-order valence-electron chi connectivity index (χ1n) is 8.37. The summed E-state index contributed by atoms with van der Waals surface area (Å²) in [7, 11) is -1.43. The molecule has 2 atom stereocenters. The summed E-state index contributed by atoms with van der Waals surface area (Å²) >= 11 is 0. The van der Waals surface area contributed by atoms with Gasteiger partial charge in [0.25, 0.3) is 10.0 Å². The first-order chi connectivity index (χ1) is 11.5. The van der Waals surface area contributed by atoms with Crippen LogP contribution in [-0.2, 0) is 10.0 Å². The molecule has 2 aliphatic heterocycles. The number of aryl methyl sites for hydroxylation is 1. The molecule has 0 amide bonds. The van der Waals surface area contributed by atoms with Gasteiger partial charge in [0.2, 0.25) is 0 Å². The van der Waals surface area contributed by atoms with Crippen molar-refractivity contribution in [2.75, 3.05) is 24.4 Å². The minimum Gasteiger partial charge on any atom is -0.306 e. The molecule has 0 radical (unpaired) electrons. The summed E-state index contributed by atoms with van der Waals surface area (Å²) < 4.78 is 28.4. The molecular weight excluding hydrogens is 320 g/mol. The van der Waals surface area contributed by atoms with Crippen molar-refractivity contribution in [3.8, 4) is 0 Å². The third-order valence-corrected chi connectivity index (χ3v) is 7.05. The lowest BCUT2D eigenvalue weighted by molar-refractivity contribution is 0.237. The van der Waals surface area contributed by atoms with Crippen LogP contribution in [0.1, 0.15) is 23.5 Å². The van der Waals surface area contributed by atoms with E-state index in [0.717, 1.165) is 25.2 Å². The van der Waals surface area contributed by atoms with Crippen LogP contribution in [0.5, 0.6) is 0 Å². The van der Waals surface area contributed by atoms with E-state index in [1.165, 1.54) is 11.1 Å². The van der Waals surface area contributed by atoms with Gasteiger partial charge in [0.15, 0.2) is 0 Å². The van der Waals surface area contributed by atoms with Crippen molar-refractivity contribution in [1.29, 1.82) is 0 Å². The number of anilines is 1. The van der Waals surface area contributed by atoms with E-state index in [1.807, 2.05) is 18.2 Å². The van der Waals surface area contributed by atoms with E-state index in [0.29, 0.717) is 4.90 Å². The molecule has 2 heterocycles. The number of hydrogen-bond donors (Lipinski definition) is 0. The number of nitrogens with zero attached hydrogens (tertiary/aromatic N) is 2. The molecule has 1 saturated heterocycles. The van der Waals surface area contributed by atoms with E-state index in [2.05, 4.69) is 24.9 Å². The fraction of sp³-hybridized carbons (Fsp3) is 0.368. The number of hydrogen-bond acceptors (Lipinski definition) is 3. The Bertz CT molecular complexity index is 864. The largest absolute Gasteiger partial charge is 0.306 e. The van der Waals surface area contributed by atoms with Gasteiger partial charge in [-0.25, -0.2) is 8.42 Å². The van der Waals surface area contributed by atoms with Gasteiger partial charge in [-0.2, -0.15) is 0 Å². The van der Waals surface area contributed by atoms with Crippen LogP contribution in [0.4, 0.5) is 5.69 Å². The summed E-state index contributed by atoms with van der Waals surface area (Å²) in [6.07, 6.45) is 0.862. The molecule has 0 bridgehead atoms. The first-order valence-corrected chi connectivity index (χ1v) is 9.81. The highest BCUT2D eigenvalue weighted by atomic mass is 32.2. The molecule has 4 rings (SSSR count). The monoisotopic (exact) mass is 342 g/mol. The van der Waals surface area contributed by atoms with Gasteiger partial charge >= 0.3 is 0 Å². The van der Waals surface area contributed by atoms with Crippen molar-refractivity contribution in [3.05, 3.63) is 59.7 Å². The zero-order valence-corrected chi connectivity index (χ0v) is 14.8. The summed E-state index contributed by atoms with van der Waals surface area (Å²) in [5.74, 6) is 0.247. The SMILES string of the molecule is Cc1ccc2c(c1)[C@@H]1CN(C)CC[C@@H]1N2S(=O)(=O)c1ccccc1. The smallest absolute Gasteiger partial charge is 0.264 e. The third-order valence-electron chi connectivity index (χ3n) is 5.20. The van der Waals surface area contributed by atoms with Gasteiger partial charge < -0.3 is 4.90 Å². The average Bonchev–Trinajstić information content (AvgIpc) is 2.89.